The van der Waals surface area contributed by atoms with Crippen LogP contribution in [0.2, 0.25) is 0 Å². The highest BCUT2D eigenvalue weighted by Gasteiger charge is 2.05. The van der Waals surface area contributed by atoms with Crippen LogP contribution in [0.1, 0.15) is 11.1 Å². The molecule has 0 atom stereocenters. The third kappa shape index (κ3) is 1.98. The molecule has 0 aromatic heterocycles. The zero-order valence-electron chi connectivity index (χ0n) is 10.7. The lowest BCUT2D eigenvalue weighted by Crippen LogP contribution is -1.84. The van der Waals surface area contributed by atoms with E-state index in [-0.39, 0.29) is 0 Å². The van der Waals surface area contributed by atoms with Crippen LogP contribution < -0.4 is 0 Å². The average Bonchev–Trinajstić information content (AvgIpc) is 2.48. The molecule has 1 nitrogen and oxygen atoms in total. The molecule has 1 heteroatoms. The fourth-order valence-corrected chi connectivity index (χ4v) is 2.43. The van der Waals surface area contributed by atoms with Gasteiger partial charge in [-0.2, -0.15) is 5.26 Å². The summed E-state index contributed by atoms with van der Waals surface area (Å²) in [5.74, 6) is 0. The Hall–Kier alpha value is -2.59. The van der Waals surface area contributed by atoms with Crippen molar-refractivity contribution in [1.82, 2.24) is 0 Å². The van der Waals surface area contributed by atoms with Gasteiger partial charge in [0.2, 0.25) is 0 Å². The highest BCUT2D eigenvalue weighted by Crippen LogP contribution is 2.30. The zero-order chi connectivity index (χ0) is 13.2. The summed E-state index contributed by atoms with van der Waals surface area (Å²) < 4.78 is 0. The van der Waals surface area contributed by atoms with E-state index in [0.29, 0.717) is 5.56 Å². The second kappa shape index (κ2) is 4.59. The number of nitrogens with zero attached hydrogens (tertiary/aromatic N) is 1. The van der Waals surface area contributed by atoms with Crippen LogP contribution in [0.25, 0.3) is 21.9 Å². The summed E-state index contributed by atoms with van der Waals surface area (Å²) >= 11 is 0. The quantitative estimate of drug-likeness (QED) is 0.608. The Kier molecular flexibility index (Phi) is 2.78. The molecule has 0 bridgehead atoms. The molecule has 0 unspecified atom stereocenters. The van der Waals surface area contributed by atoms with Crippen molar-refractivity contribution in [3.05, 3.63) is 71.8 Å². The van der Waals surface area contributed by atoms with Gasteiger partial charge in [-0.25, -0.2) is 0 Å². The Bertz CT molecular complexity index is 777. The summed E-state index contributed by atoms with van der Waals surface area (Å²) in [6.07, 6.45) is 0. The van der Waals surface area contributed by atoms with Gasteiger partial charge in [0.15, 0.2) is 0 Å². The summed E-state index contributed by atoms with van der Waals surface area (Å²) in [7, 11) is 0. The highest BCUT2D eigenvalue weighted by molar-refractivity contribution is 5.98. The van der Waals surface area contributed by atoms with Crippen molar-refractivity contribution >= 4 is 10.8 Å². The molecule has 0 aliphatic carbocycles. The third-order valence-corrected chi connectivity index (χ3v) is 3.47. The van der Waals surface area contributed by atoms with E-state index in [2.05, 4.69) is 49.4 Å². The molecule has 0 spiro atoms. The van der Waals surface area contributed by atoms with Crippen LogP contribution in [-0.4, -0.2) is 0 Å². The van der Waals surface area contributed by atoms with Crippen LogP contribution in [0, 0.1) is 18.3 Å². The number of hydrogen-bond acceptors (Lipinski definition) is 1. The normalized spacial score (nSPS) is 10.3. The topological polar surface area (TPSA) is 23.8 Å². The van der Waals surface area contributed by atoms with Gasteiger partial charge in [0.1, 0.15) is 0 Å². The Morgan fingerprint density at radius 1 is 0.789 bits per heavy atom. The Balaban J connectivity index is 2.25. The van der Waals surface area contributed by atoms with Crippen molar-refractivity contribution < 1.29 is 0 Å². The zero-order valence-corrected chi connectivity index (χ0v) is 10.7. The molecular formula is C18H13N. The minimum atomic E-state index is 0.695. The molecule has 0 fully saturated rings. The molecular weight excluding hydrogens is 230 g/mol. The van der Waals surface area contributed by atoms with E-state index in [4.69, 9.17) is 5.26 Å². The SMILES string of the molecule is Cc1ccc(-c2ccc(C#N)cc2)c2ccccc12. The van der Waals surface area contributed by atoms with Gasteiger partial charge >= 0.3 is 0 Å². The van der Waals surface area contributed by atoms with Crippen LogP contribution in [0.5, 0.6) is 0 Å². The molecule has 19 heavy (non-hydrogen) atoms. The molecule has 0 radical (unpaired) electrons. The maximum Gasteiger partial charge on any atom is 0.0991 e. The van der Waals surface area contributed by atoms with Crippen molar-refractivity contribution in [2.45, 2.75) is 6.92 Å². The maximum absolute atomic E-state index is 8.86. The number of fused-ring (bicyclic) bond motifs is 1. The first kappa shape index (κ1) is 11.5. The van der Waals surface area contributed by atoms with E-state index in [9.17, 15) is 0 Å². The Morgan fingerprint density at radius 2 is 1.47 bits per heavy atom. The second-order valence-electron chi connectivity index (χ2n) is 4.66. The molecule has 0 aliphatic heterocycles. The third-order valence-electron chi connectivity index (χ3n) is 3.47. The molecule has 0 amide bonds. The van der Waals surface area contributed by atoms with Crippen molar-refractivity contribution in [2.24, 2.45) is 0 Å². The predicted octanol–water partition coefficient (Wildman–Crippen LogP) is 4.69. The summed E-state index contributed by atoms with van der Waals surface area (Å²) in [4.78, 5) is 0. The molecule has 3 rings (SSSR count). The fourth-order valence-electron chi connectivity index (χ4n) is 2.43. The van der Waals surface area contributed by atoms with Crippen LogP contribution in [-0.2, 0) is 0 Å². The number of rotatable bonds is 1. The first-order chi connectivity index (χ1) is 9.29. The van der Waals surface area contributed by atoms with Crippen molar-refractivity contribution in [1.29, 1.82) is 5.26 Å². The smallest absolute Gasteiger partial charge is 0.0991 e. The van der Waals surface area contributed by atoms with Gasteiger partial charge in [-0.15, -0.1) is 0 Å². The van der Waals surface area contributed by atoms with Crippen molar-refractivity contribution in [2.75, 3.05) is 0 Å². The van der Waals surface area contributed by atoms with Crippen molar-refractivity contribution in [3.63, 3.8) is 0 Å². The summed E-state index contributed by atoms with van der Waals surface area (Å²) in [5.41, 5.74) is 4.34. The lowest BCUT2D eigenvalue weighted by molar-refractivity contribution is 1.48. The second-order valence-corrected chi connectivity index (χ2v) is 4.66. The fraction of sp³-hybridized carbons (Fsp3) is 0.0556. The monoisotopic (exact) mass is 243 g/mol. The van der Waals surface area contributed by atoms with Crippen LogP contribution in [0.4, 0.5) is 0 Å². The van der Waals surface area contributed by atoms with Gasteiger partial charge in [-0.05, 0) is 46.5 Å². The largest absolute Gasteiger partial charge is 0.192 e. The van der Waals surface area contributed by atoms with Crippen LogP contribution in [0.3, 0.4) is 0 Å². The Morgan fingerprint density at radius 3 is 2.16 bits per heavy atom. The molecule has 0 N–H and O–H groups in total. The number of nitriles is 1. The number of aryl methyl sites for hydroxylation is 1. The number of benzene rings is 3. The van der Waals surface area contributed by atoms with E-state index >= 15 is 0 Å². The van der Waals surface area contributed by atoms with Gasteiger partial charge in [0, 0.05) is 0 Å². The molecule has 0 aliphatic rings. The summed E-state index contributed by atoms with van der Waals surface area (Å²) in [5, 5.41) is 11.4. The van der Waals surface area contributed by atoms with Crippen LogP contribution >= 0.6 is 0 Å². The summed E-state index contributed by atoms with van der Waals surface area (Å²) in [6, 6.07) is 22.6. The van der Waals surface area contributed by atoms with E-state index in [0.717, 1.165) is 5.56 Å². The highest BCUT2D eigenvalue weighted by atomic mass is 14.2. The average molecular weight is 243 g/mol. The minimum Gasteiger partial charge on any atom is -0.192 e. The van der Waals surface area contributed by atoms with Gasteiger partial charge in [-0.1, -0.05) is 48.5 Å². The van der Waals surface area contributed by atoms with E-state index < -0.39 is 0 Å². The molecule has 0 heterocycles. The van der Waals surface area contributed by atoms with E-state index in [1.54, 1.807) is 0 Å². The summed E-state index contributed by atoms with van der Waals surface area (Å²) in [6.45, 7) is 2.13. The minimum absolute atomic E-state index is 0.695. The van der Waals surface area contributed by atoms with E-state index in [1.165, 1.54) is 21.9 Å². The van der Waals surface area contributed by atoms with Gasteiger partial charge in [0.25, 0.3) is 0 Å². The van der Waals surface area contributed by atoms with Gasteiger partial charge in [0.05, 0.1) is 11.6 Å². The van der Waals surface area contributed by atoms with Gasteiger partial charge in [-0.3, -0.25) is 0 Å². The predicted molar refractivity (Wildman–Crippen MR) is 78.8 cm³/mol. The standard InChI is InChI=1S/C18H13N/c1-13-6-11-17(18-5-3-2-4-16(13)18)15-9-7-14(12-19)8-10-15/h2-11H,1H3. The lowest BCUT2D eigenvalue weighted by Gasteiger charge is -2.09. The maximum atomic E-state index is 8.86. The Labute approximate surface area is 112 Å². The van der Waals surface area contributed by atoms with Crippen LogP contribution in [0.15, 0.2) is 60.7 Å². The molecule has 3 aromatic carbocycles. The molecule has 0 saturated carbocycles. The first-order valence-corrected chi connectivity index (χ1v) is 6.28. The molecule has 3 aromatic rings. The van der Waals surface area contributed by atoms with Gasteiger partial charge < -0.3 is 0 Å². The number of hydrogen-bond donors (Lipinski definition) is 0. The lowest BCUT2D eigenvalue weighted by atomic mass is 9.95. The molecule has 0 saturated heterocycles. The van der Waals surface area contributed by atoms with Crippen molar-refractivity contribution in [3.8, 4) is 17.2 Å². The first-order valence-electron chi connectivity index (χ1n) is 6.28. The van der Waals surface area contributed by atoms with E-state index in [1.807, 2.05) is 24.3 Å². The molecule has 90 valence electrons.